The number of esters is 1. The van der Waals surface area contributed by atoms with E-state index in [1.165, 1.54) is 0 Å². The van der Waals surface area contributed by atoms with E-state index in [0.717, 1.165) is 31.2 Å². The van der Waals surface area contributed by atoms with Crippen molar-refractivity contribution < 1.29 is 34.1 Å². The Bertz CT molecular complexity index is 790. The first kappa shape index (κ1) is 25.1. The van der Waals surface area contributed by atoms with Gasteiger partial charge in [-0.15, -0.1) is 0 Å². The Kier molecular flexibility index (Phi) is 10.5. The van der Waals surface area contributed by atoms with Crippen LogP contribution in [0.3, 0.4) is 0 Å². The first-order valence-electron chi connectivity index (χ1n) is 10.1. The second-order valence-corrected chi connectivity index (χ2v) is 7.31. The van der Waals surface area contributed by atoms with Crippen LogP contribution >= 0.6 is 0 Å². The van der Waals surface area contributed by atoms with E-state index >= 15 is 0 Å². The molecule has 0 aliphatic rings. The third kappa shape index (κ3) is 8.19. The van der Waals surface area contributed by atoms with Gasteiger partial charge in [-0.3, -0.25) is 9.59 Å². The van der Waals surface area contributed by atoms with Gasteiger partial charge >= 0.3 is 17.9 Å². The number of ether oxygens (including phenoxy) is 1. The lowest BCUT2D eigenvalue weighted by Gasteiger charge is -2.15. The van der Waals surface area contributed by atoms with Gasteiger partial charge in [-0.2, -0.15) is 0 Å². The summed E-state index contributed by atoms with van der Waals surface area (Å²) >= 11 is 0. The van der Waals surface area contributed by atoms with Gasteiger partial charge in [-0.25, -0.2) is 9.59 Å². The largest absolute Gasteiger partial charge is 0.481 e. The third-order valence-electron chi connectivity index (χ3n) is 4.91. The zero-order valence-electron chi connectivity index (χ0n) is 17.8. The molecule has 1 aromatic carbocycles. The highest BCUT2D eigenvalue weighted by molar-refractivity contribution is 6.35. The Morgan fingerprint density at radius 1 is 1.00 bits per heavy atom. The second kappa shape index (κ2) is 12.6. The minimum atomic E-state index is -1.44. The molecule has 1 atom stereocenters. The van der Waals surface area contributed by atoms with Crippen molar-refractivity contribution in [3.63, 3.8) is 0 Å². The molecule has 2 N–H and O–H groups in total. The van der Waals surface area contributed by atoms with Gasteiger partial charge in [0.15, 0.2) is 0 Å². The maximum Gasteiger partial charge on any atom is 0.374 e. The van der Waals surface area contributed by atoms with Crippen LogP contribution in [0.2, 0.25) is 0 Å². The van der Waals surface area contributed by atoms with Gasteiger partial charge < -0.3 is 14.9 Å². The van der Waals surface area contributed by atoms with Crippen molar-refractivity contribution in [2.24, 2.45) is 5.92 Å². The van der Waals surface area contributed by atoms with Gasteiger partial charge in [0.05, 0.1) is 18.6 Å². The number of rotatable bonds is 13. The van der Waals surface area contributed by atoms with Crippen LogP contribution in [-0.2, 0) is 23.9 Å². The van der Waals surface area contributed by atoms with Crippen molar-refractivity contribution in [1.29, 1.82) is 0 Å². The predicted octanol–water partition coefficient (Wildman–Crippen LogP) is 4.03. The number of ketones is 1. The lowest BCUT2D eigenvalue weighted by molar-refractivity contribution is -0.154. The monoisotopic (exact) mass is 418 g/mol. The number of unbranched alkanes of at least 4 members (excludes halogenated alkanes) is 1. The van der Waals surface area contributed by atoms with Crippen LogP contribution in [0.25, 0.3) is 5.57 Å². The Balaban J connectivity index is 3.07. The number of allylic oxidation sites excluding steroid dienone is 1. The molecule has 1 unspecified atom stereocenters. The molecule has 30 heavy (non-hydrogen) atoms. The molecule has 0 heterocycles. The molecule has 7 heteroatoms. The average Bonchev–Trinajstić information content (AvgIpc) is 2.70. The third-order valence-corrected chi connectivity index (χ3v) is 4.91. The fraction of sp³-hybridized carbons (Fsp3) is 0.478. The lowest BCUT2D eigenvalue weighted by Crippen LogP contribution is -2.22. The molecule has 0 saturated carbocycles. The number of carbonyl (C=O) groups excluding carboxylic acids is 2. The van der Waals surface area contributed by atoms with Gasteiger partial charge in [0.25, 0.3) is 0 Å². The van der Waals surface area contributed by atoms with Crippen molar-refractivity contribution in [1.82, 2.24) is 0 Å². The minimum absolute atomic E-state index is 0.00451. The first-order chi connectivity index (χ1) is 14.2. The number of Topliss-reactive ketones (excluding diaryl/α,β-unsaturated/α-hetero) is 1. The van der Waals surface area contributed by atoms with Crippen LogP contribution in [0.1, 0.15) is 63.5 Å². The molecule has 0 spiro atoms. The summed E-state index contributed by atoms with van der Waals surface area (Å²) in [6.45, 7) is 6.02. The van der Waals surface area contributed by atoms with Crippen LogP contribution < -0.4 is 0 Å². The van der Waals surface area contributed by atoms with Crippen molar-refractivity contribution in [3.05, 3.63) is 41.0 Å². The Labute approximate surface area is 176 Å². The van der Waals surface area contributed by atoms with E-state index in [1.54, 1.807) is 24.3 Å². The number of aryl methyl sites for hydroxylation is 1. The molecular formula is C23H30O7. The zero-order chi connectivity index (χ0) is 22.7. The molecule has 7 nitrogen and oxygen atoms in total. The van der Waals surface area contributed by atoms with Gasteiger partial charge in [-0.05, 0) is 30.4 Å². The topological polar surface area (TPSA) is 118 Å². The molecule has 0 aliphatic heterocycles. The molecule has 0 fully saturated rings. The summed E-state index contributed by atoms with van der Waals surface area (Å²) in [7, 11) is 0. The molecule has 1 rings (SSSR count). The fourth-order valence-electron chi connectivity index (χ4n) is 3.01. The van der Waals surface area contributed by atoms with E-state index in [1.807, 2.05) is 13.8 Å². The molecule has 0 aromatic heterocycles. The van der Waals surface area contributed by atoms with Crippen LogP contribution in [0.5, 0.6) is 0 Å². The number of carbonyl (C=O) groups is 4. The van der Waals surface area contributed by atoms with Crippen molar-refractivity contribution in [3.8, 4) is 0 Å². The quantitative estimate of drug-likeness (QED) is 0.282. The molecule has 0 radical (unpaired) electrons. The van der Waals surface area contributed by atoms with E-state index in [0.29, 0.717) is 5.56 Å². The van der Waals surface area contributed by atoms with Gasteiger partial charge in [0, 0.05) is 6.42 Å². The van der Waals surface area contributed by atoms with Crippen LogP contribution in [0.15, 0.2) is 29.8 Å². The van der Waals surface area contributed by atoms with E-state index in [9.17, 15) is 24.3 Å². The summed E-state index contributed by atoms with van der Waals surface area (Å²) in [4.78, 5) is 47.5. The highest BCUT2D eigenvalue weighted by atomic mass is 16.5. The summed E-state index contributed by atoms with van der Waals surface area (Å²) in [6, 6.07) is 6.65. The lowest BCUT2D eigenvalue weighted by atomic mass is 9.93. The summed E-state index contributed by atoms with van der Waals surface area (Å²) in [5.74, 6) is -4.56. The van der Waals surface area contributed by atoms with Gasteiger partial charge in [0.1, 0.15) is 0 Å². The highest BCUT2D eigenvalue weighted by Gasteiger charge is 2.25. The van der Waals surface area contributed by atoms with E-state index in [-0.39, 0.29) is 18.1 Å². The normalized spacial score (nSPS) is 12.6. The number of aliphatic carboxylic acids is 2. The summed E-state index contributed by atoms with van der Waals surface area (Å²) in [6.07, 6.45) is 2.43. The molecule has 0 amide bonds. The molecule has 1 aromatic rings. The number of carboxylic acid groups (broad SMARTS) is 2. The molecule has 164 valence electrons. The van der Waals surface area contributed by atoms with Crippen molar-refractivity contribution >= 4 is 29.3 Å². The molecule has 0 aliphatic carbocycles. The van der Waals surface area contributed by atoms with Crippen LogP contribution in [0.4, 0.5) is 0 Å². The number of benzene rings is 1. The van der Waals surface area contributed by atoms with Gasteiger partial charge in [0.2, 0.25) is 5.78 Å². The van der Waals surface area contributed by atoms with E-state index in [4.69, 9.17) is 9.84 Å². The number of hydrogen-bond acceptors (Lipinski definition) is 5. The summed E-state index contributed by atoms with van der Waals surface area (Å²) in [5, 5.41) is 18.6. The molecule has 0 bridgehead atoms. The smallest absolute Gasteiger partial charge is 0.374 e. The van der Waals surface area contributed by atoms with Crippen LogP contribution in [0, 0.1) is 12.8 Å². The first-order valence-corrected chi connectivity index (χ1v) is 10.1. The summed E-state index contributed by atoms with van der Waals surface area (Å²) < 4.78 is 5.16. The summed E-state index contributed by atoms with van der Waals surface area (Å²) in [5.41, 5.74) is 0.873. The van der Waals surface area contributed by atoms with E-state index < -0.39 is 42.1 Å². The maximum atomic E-state index is 12.5. The average molecular weight is 418 g/mol. The number of carboxylic acids is 2. The van der Waals surface area contributed by atoms with Gasteiger partial charge in [-0.1, -0.05) is 62.9 Å². The van der Waals surface area contributed by atoms with E-state index in [2.05, 4.69) is 6.92 Å². The Morgan fingerprint density at radius 3 is 2.13 bits per heavy atom. The second-order valence-electron chi connectivity index (χ2n) is 7.31. The standard InChI is InChI=1S/C23H30O7/c1-4-6-7-16(5-2)14-30-23(29)20(24)12-18(17-10-8-15(3)9-11-17)19(22(27)28)13-21(25)26/h8-11,16H,4-7,12-14H2,1-3H3,(H,25,26)(H,27,28). The zero-order valence-corrected chi connectivity index (χ0v) is 17.8. The van der Waals surface area contributed by atoms with Crippen molar-refractivity contribution in [2.75, 3.05) is 6.61 Å². The maximum absolute atomic E-state index is 12.5. The molecular weight excluding hydrogens is 388 g/mol. The van der Waals surface area contributed by atoms with Crippen LogP contribution in [-0.4, -0.2) is 40.5 Å². The van der Waals surface area contributed by atoms with Crippen molar-refractivity contribution in [2.45, 2.75) is 59.3 Å². The Morgan fingerprint density at radius 2 is 1.63 bits per heavy atom. The fourth-order valence-corrected chi connectivity index (χ4v) is 3.01. The predicted molar refractivity (Wildman–Crippen MR) is 112 cm³/mol. The minimum Gasteiger partial charge on any atom is -0.481 e. The molecule has 0 saturated heterocycles. The number of hydrogen-bond donors (Lipinski definition) is 2. The Hall–Kier alpha value is -2.96. The SMILES string of the molecule is CCCCC(CC)COC(=O)C(=O)CC(=C(CC(=O)O)C(=O)O)c1ccc(C)cc1. The highest BCUT2D eigenvalue weighted by Crippen LogP contribution is 2.26.